The van der Waals surface area contributed by atoms with Crippen molar-refractivity contribution in [2.24, 2.45) is 0 Å². The minimum absolute atomic E-state index is 0.231. The molecule has 0 N–H and O–H groups in total. The van der Waals surface area contributed by atoms with Crippen LogP contribution in [-0.2, 0) is 5.41 Å². The topological polar surface area (TPSA) is 4.93 Å². The van der Waals surface area contributed by atoms with Crippen LogP contribution in [0.5, 0.6) is 0 Å². The first-order valence-electron chi connectivity index (χ1n) is 19.6. The molecule has 3 heteroatoms. The van der Waals surface area contributed by atoms with Gasteiger partial charge in [-0.2, -0.15) is 0 Å². The Morgan fingerprint density at radius 2 is 1.65 bits per heavy atom. The second-order valence-electron chi connectivity index (χ2n) is 15.4. The van der Waals surface area contributed by atoms with Gasteiger partial charge in [0.2, 0.25) is 0 Å². The molecule has 7 aliphatic rings. The number of rotatable bonds is 3. The maximum Gasteiger partial charge on any atom is 0.0668 e. The summed E-state index contributed by atoms with van der Waals surface area (Å²) in [7, 11) is 0. The molecule has 0 radical (unpaired) electrons. The summed E-state index contributed by atoms with van der Waals surface area (Å²) < 4.78 is 2.49. The van der Waals surface area contributed by atoms with E-state index in [9.17, 15) is 0 Å². The Labute approximate surface area is 316 Å². The maximum absolute atomic E-state index is 2.62. The van der Waals surface area contributed by atoms with Crippen LogP contribution >= 0.6 is 23.5 Å². The highest BCUT2D eigenvalue weighted by atomic mass is 32.2. The zero-order valence-corrected chi connectivity index (χ0v) is 31.2. The van der Waals surface area contributed by atoms with E-state index in [1.807, 2.05) is 11.8 Å². The van der Waals surface area contributed by atoms with E-state index in [0.29, 0.717) is 11.2 Å². The first-order valence-corrected chi connectivity index (χ1v) is 21.2. The summed E-state index contributed by atoms with van der Waals surface area (Å²) in [5, 5.41) is 3.15. The quantitative estimate of drug-likeness (QED) is 0.209. The highest BCUT2D eigenvalue weighted by molar-refractivity contribution is 8.04. The Balaban J connectivity index is 1.13. The van der Waals surface area contributed by atoms with E-state index < -0.39 is 0 Å². The summed E-state index contributed by atoms with van der Waals surface area (Å²) in [4.78, 5) is 4.54. The van der Waals surface area contributed by atoms with E-state index in [1.165, 1.54) is 74.1 Å². The van der Waals surface area contributed by atoms with Crippen molar-refractivity contribution in [2.75, 3.05) is 0 Å². The zero-order chi connectivity index (χ0) is 34.2. The predicted molar refractivity (Wildman–Crippen MR) is 224 cm³/mol. The lowest BCUT2D eigenvalue weighted by Gasteiger charge is -2.53. The molecule has 0 saturated carbocycles. The number of allylic oxidation sites excluding steroid dienone is 16. The molecule has 3 aromatic carbocycles. The molecule has 2 aliphatic heterocycles. The van der Waals surface area contributed by atoms with Gasteiger partial charge in [0.1, 0.15) is 0 Å². The highest BCUT2D eigenvalue weighted by Gasteiger charge is 2.54. The first kappa shape index (κ1) is 31.4. The van der Waals surface area contributed by atoms with Gasteiger partial charge in [-0.3, -0.25) is 0 Å². The molecule has 52 heavy (non-hydrogen) atoms. The third-order valence-corrected chi connectivity index (χ3v) is 15.3. The van der Waals surface area contributed by atoms with E-state index in [1.54, 1.807) is 32.8 Å². The highest BCUT2D eigenvalue weighted by Crippen LogP contribution is 2.66. The minimum atomic E-state index is -0.231. The van der Waals surface area contributed by atoms with Gasteiger partial charge in [0.15, 0.2) is 0 Å². The summed E-state index contributed by atoms with van der Waals surface area (Å²) >= 11 is 4.21. The van der Waals surface area contributed by atoms with Gasteiger partial charge < -0.3 is 4.57 Å². The molecule has 3 atom stereocenters. The molecule has 5 aliphatic carbocycles. The maximum atomic E-state index is 2.62. The van der Waals surface area contributed by atoms with E-state index >= 15 is 0 Å². The predicted octanol–water partition coefficient (Wildman–Crippen LogP) is 13.8. The normalized spacial score (nSPS) is 26.5. The Bertz CT molecular complexity index is 2480. The molecule has 3 heterocycles. The number of para-hydroxylation sites is 1. The van der Waals surface area contributed by atoms with Crippen LogP contribution in [0.2, 0.25) is 0 Å². The Hall–Kier alpha value is -4.18. The standard InChI is InChI=1S/C49H43NS2/c1-3-14-32(15-4-1)33-26-28-41-47(31-33)51-45-24-11-8-20-39(45)49(41)40-21-9-12-25-46(40)52-48-36(19-13-22-42(48)49)34-27-29-44-38(30-34)37-18-7-10-23-43(37)50(44)35-16-5-2-6-17-35/h5,7-14,16-18,20-24,27,29-31,36,46H,1-4,6,15,19,25-26,28H2. The number of hydrogen-bond donors (Lipinski definition) is 0. The van der Waals surface area contributed by atoms with E-state index in [2.05, 4.69) is 144 Å². The second kappa shape index (κ2) is 12.5. The number of hydrogen-bond acceptors (Lipinski definition) is 2. The van der Waals surface area contributed by atoms with E-state index in [0.717, 1.165) is 38.5 Å². The van der Waals surface area contributed by atoms with Crippen LogP contribution in [0.1, 0.15) is 81.3 Å². The van der Waals surface area contributed by atoms with Gasteiger partial charge >= 0.3 is 0 Å². The van der Waals surface area contributed by atoms with Crippen molar-refractivity contribution < 1.29 is 0 Å². The fraction of sp³-hybridized carbons (Fsp3) is 0.265. The number of fused-ring (bicyclic) bond motifs is 9. The molecule has 11 rings (SSSR count). The first-order chi connectivity index (χ1) is 25.8. The van der Waals surface area contributed by atoms with Crippen LogP contribution in [0.25, 0.3) is 27.5 Å². The zero-order valence-electron chi connectivity index (χ0n) is 29.6. The fourth-order valence-corrected chi connectivity index (χ4v) is 13.4. The van der Waals surface area contributed by atoms with Crippen molar-refractivity contribution in [3.63, 3.8) is 0 Å². The van der Waals surface area contributed by atoms with Gasteiger partial charge in [-0.05, 0) is 145 Å². The van der Waals surface area contributed by atoms with E-state index in [-0.39, 0.29) is 5.41 Å². The molecule has 0 fully saturated rings. The van der Waals surface area contributed by atoms with E-state index in [4.69, 9.17) is 0 Å². The third-order valence-electron chi connectivity index (χ3n) is 12.7. The largest absolute Gasteiger partial charge is 0.310 e. The minimum Gasteiger partial charge on any atom is -0.310 e. The number of nitrogens with zero attached hydrogens (tertiary/aromatic N) is 1. The summed E-state index contributed by atoms with van der Waals surface area (Å²) in [5.41, 5.74) is 14.6. The summed E-state index contributed by atoms with van der Waals surface area (Å²) in [6, 6.07) is 25.9. The molecule has 1 aromatic heterocycles. The molecule has 0 bridgehead atoms. The van der Waals surface area contributed by atoms with Crippen molar-refractivity contribution in [2.45, 2.75) is 85.7 Å². The lowest BCUT2D eigenvalue weighted by molar-refractivity contribution is 0.591. The van der Waals surface area contributed by atoms with Crippen molar-refractivity contribution in [1.29, 1.82) is 0 Å². The molecule has 0 saturated heterocycles. The molecule has 3 unspecified atom stereocenters. The Morgan fingerprint density at radius 1 is 0.731 bits per heavy atom. The van der Waals surface area contributed by atoms with Crippen molar-refractivity contribution >= 4 is 51.0 Å². The Kier molecular flexibility index (Phi) is 7.51. The third kappa shape index (κ3) is 4.64. The van der Waals surface area contributed by atoms with Crippen molar-refractivity contribution in [3.05, 3.63) is 176 Å². The fourth-order valence-electron chi connectivity index (χ4n) is 10.4. The van der Waals surface area contributed by atoms with Crippen LogP contribution in [0, 0.1) is 0 Å². The average molecular weight is 710 g/mol. The Morgan fingerprint density at radius 3 is 2.58 bits per heavy atom. The smallest absolute Gasteiger partial charge is 0.0668 e. The lowest BCUT2D eigenvalue weighted by atomic mass is 9.58. The van der Waals surface area contributed by atoms with Gasteiger partial charge in [0.25, 0.3) is 0 Å². The number of thioether (sulfide) groups is 2. The molecule has 256 valence electrons. The molecule has 1 nitrogen and oxygen atoms in total. The van der Waals surface area contributed by atoms with Crippen LogP contribution in [-0.4, -0.2) is 9.82 Å². The van der Waals surface area contributed by atoms with Crippen LogP contribution < -0.4 is 0 Å². The summed E-state index contributed by atoms with van der Waals surface area (Å²) in [6.45, 7) is 0. The number of aromatic nitrogens is 1. The lowest BCUT2D eigenvalue weighted by Crippen LogP contribution is -2.44. The average Bonchev–Trinajstić information content (AvgIpc) is 3.55. The van der Waals surface area contributed by atoms with Crippen LogP contribution in [0.4, 0.5) is 0 Å². The van der Waals surface area contributed by atoms with Crippen molar-refractivity contribution in [1.82, 2.24) is 4.57 Å². The molecule has 0 amide bonds. The SMILES string of the molecule is C1=CCC2SC3=C(C=CCC3c3ccc4c(c3)c3ccccc3n4C3=CCCC=C3)C3(C2=C1)C1=C(C=C(C2=CCCCC2)CC1)Sc1ccccc13. The van der Waals surface area contributed by atoms with Gasteiger partial charge in [-0.15, -0.1) is 11.8 Å². The second-order valence-corrected chi connectivity index (χ2v) is 17.8. The van der Waals surface area contributed by atoms with Gasteiger partial charge in [0.05, 0.1) is 16.4 Å². The molecule has 1 spiro atoms. The van der Waals surface area contributed by atoms with Gasteiger partial charge in [-0.25, -0.2) is 0 Å². The van der Waals surface area contributed by atoms with Gasteiger partial charge in [0, 0.05) is 37.4 Å². The molecular weight excluding hydrogens is 667 g/mol. The van der Waals surface area contributed by atoms with Gasteiger partial charge in [-0.1, -0.05) is 103 Å². The van der Waals surface area contributed by atoms with Crippen molar-refractivity contribution in [3.8, 4) is 0 Å². The monoisotopic (exact) mass is 709 g/mol. The summed E-state index contributed by atoms with van der Waals surface area (Å²) in [5.74, 6) is 0.336. The van der Waals surface area contributed by atoms with Crippen LogP contribution in [0.15, 0.2) is 170 Å². The molecular formula is C49H43NS2. The summed E-state index contributed by atoms with van der Waals surface area (Å²) in [6.07, 6.45) is 36.3. The number of benzene rings is 3. The molecule has 4 aromatic rings. The van der Waals surface area contributed by atoms with Crippen LogP contribution in [0.3, 0.4) is 0 Å².